The van der Waals surface area contributed by atoms with Gasteiger partial charge in [-0.05, 0) is 23.8 Å². The summed E-state index contributed by atoms with van der Waals surface area (Å²) < 4.78 is 0. The molecule has 0 saturated heterocycles. The second kappa shape index (κ2) is 7.00. The van der Waals surface area contributed by atoms with Gasteiger partial charge < -0.3 is 30.8 Å². The SMILES string of the molecule is O=C(/C=C\c1ccc(O)cc1)N[C@@H]1C[C@](O)(C(=O)O)C[C@@H](O)[C@H]1O. The summed E-state index contributed by atoms with van der Waals surface area (Å²) in [6.45, 7) is 0. The molecule has 1 aliphatic carbocycles. The third-order valence-electron chi connectivity index (χ3n) is 3.96. The van der Waals surface area contributed by atoms with Crippen molar-refractivity contribution in [2.45, 2.75) is 36.7 Å². The molecule has 1 fully saturated rings. The minimum absolute atomic E-state index is 0.0869. The van der Waals surface area contributed by atoms with Crippen molar-refractivity contribution in [1.29, 1.82) is 0 Å². The highest BCUT2D eigenvalue weighted by Gasteiger charge is 2.49. The molecule has 8 heteroatoms. The molecule has 0 bridgehead atoms. The highest BCUT2D eigenvalue weighted by Crippen LogP contribution is 2.29. The molecule has 0 radical (unpaired) electrons. The Labute approximate surface area is 137 Å². The number of phenols is 1. The molecule has 2 rings (SSSR count). The third kappa shape index (κ3) is 4.10. The first-order valence-electron chi connectivity index (χ1n) is 7.31. The van der Waals surface area contributed by atoms with Crippen LogP contribution in [-0.2, 0) is 9.59 Å². The smallest absolute Gasteiger partial charge is 0.335 e. The standard InChI is InChI=1S/C16H19NO7/c18-10-4-1-9(2-5-10)3-6-13(20)17-11-7-16(24,15(22)23)8-12(19)14(11)21/h1-6,11-12,14,18-19,21,24H,7-8H2,(H,17,20)(H,22,23)/b6-3-/t11-,12-,14+,16-/m1/s1. The van der Waals surface area contributed by atoms with E-state index < -0.39 is 48.6 Å². The largest absolute Gasteiger partial charge is 0.508 e. The van der Waals surface area contributed by atoms with Crippen LogP contribution in [0.15, 0.2) is 30.3 Å². The van der Waals surface area contributed by atoms with Crippen LogP contribution in [0, 0.1) is 0 Å². The van der Waals surface area contributed by atoms with Crippen molar-refractivity contribution in [1.82, 2.24) is 5.32 Å². The van der Waals surface area contributed by atoms with E-state index in [0.29, 0.717) is 5.56 Å². The number of carboxylic acids is 1. The van der Waals surface area contributed by atoms with Gasteiger partial charge in [-0.2, -0.15) is 0 Å². The minimum atomic E-state index is -2.21. The van der Waals surface area contributed by atoms with Crippen molar-refractivity contribution in [3.05, 3.63) is 35.9 Å². The van der Waals surface area contributed by atoms with Gasteiger partial charge in [-0.1, -0.05) is 12.1 Å². The summed E-state index contributed by atoms with van der Waals surface area (Å²) in [6, 6.07) is 4.97. The summed E-state index contributed by atoms with van der Waals surface area (Å²) in [5.41, 5.74) is -1.56. The molecular weight excluding hydrogens is 318 g/mol. The lowest BCUT2D eigenvalue weighted by atomic mass is 9.78. The lowest BCUT2D eigenvalue weighted by molar-refractivity contribution is -0.175. The molecule has 6 N–H and O–H groups in total. The number of phenolic OH excluding ortho intramolecular Hbond substituents is 1. The van der Waals surface area contributed by atoms with Gasteiger partial charge in [0, 0.05) is 18.9 Å². The molecule has 0 unspecified atom stereocenters. The summed E-state index contributed by atoms with van der Waals surface area (Å²) >= 11 is 0. The number of rotatable bonds is 4. The number of hydrogen-bond acceptors (Lipinski definition) is 6. The highest BCUT2D eigenvalue weighted by molar-refractivity contribution is 5.92. The molecule has 1 saturated carbocycles. The van der Waals surface area contributed by atoms with E-state index in [0.717, 1.165) is 0 Å². The predicted molar refractivity (Wildman–Crippen MR) is 82.9 cm³/mol. The van der Waals surface area contributed by atoms with Crippen molar-refractivity contribution in [3.63, 3.8) is 0 Å². The Hall–Kier alpha value is -2.42. The quantitative estimate of drug-likeness (QED) is 0.395. The van der Waals surface area contributed by atoms with Gasteiger partial charge in [-0.3, -0.25) is 4.79 Å². The van der Waals surface area contributed by atoms with Crippen LogP contribution in [0.4, 0.5) is 0 Å². The van der Waals surface area contributed by atoms with E-state index in [1.165, 1.54) is 24.3 Å². The monoisotopic (exact) mass is 337 g/mol. The average Bonchev–Trinajstić information content (AvgIpc) is 2.51. The summed E-state index contributed by atoms with van der Waals surface area (Å²) in [5, 5.41) is 50.2. The Balaban J connectivity index is 2.03. The first-order chi connectivity index (χ1) is 11.2. The summed E-state index contributed by atoms with van der Waals surface area (Å²) in [7, 11) is 0. The first kappa shape index (κ1) is 17.9. The van der Waals surface area contributed by atoms with Gasteiger partial charge >= 0.3 is 5.97 Å². The van der Waals surface area contributed by atoms with E-state index in [4.69, 9.17) is 5.11 Å². The van der Waals surface area contributed by atoms with Crippen molar-refractivity contribution >= 4 is 18.0 Å². The number of benzene rings is 1. The number of aromatic hydroxyl groups is 1. The summed E-state index contributed by atoms with van der Waals surface area (Å²) in [6.07, 6.45) is -1.15. The van der Waals surface area contributed by atoms with Gasteiger partial charge in [-0.15, -0.1) is 0 Å². The fraction of sp³-hybridized carbons (Fsp3) is 0.375. The normalized spacial score (nSPS) is 30.2. The zero-order valence-corrected chi connectivity index (χ0v) is 12.7. The minimum Gasteiger partial charge on any atom is -0.508 e. The lowest BCUT2D eigenvalue weighted by Gasteiger charge is -2.39. The number of nitrogens with one attached hydrogen (secondary N) is 1. The van der Waals surface area contributed by atoms with Crippen LogP contribution in [0.3, 0.4) is 0 Å². The number of carbonyl (C=O) groups is 2. The van der Waals surface area contributed by atoms with Crippen LogP contribution < -0.4 is 5.32 Å². The number of carboxylic acid groups (broad SMARTS) is 1. The molecule has 24 heavy (non-hydrogen) atoms. The maximum atomic E-state index is 11.9. The Kier molecular flexibility index (Phi) is 5.23. The van der Waals surface area contributed by atoms with Crippen molar-refractivity contribution < 1.29 is 35.1 Å². The zero-order chi connectivity index (χ0) is 17.9. The van der Waals surface area contributed by atoms with Crippen molar-refractivity contribution in [2.75, 3.05) is 0 Å². The topological polar surface area (TPSA) is 147 Å². The van der Waals surface area contributed by atoms with Crippen LogP contribution in [0.25, 0.3) is 6.08 Å². The average molecular weight is 337 g/mol. The molecule has 0 heterocycles. The fourth-order valence-corrected chi connectivity index (χ4v) is 2.60. The molecule has 0 aliphatic heterocycles. The van der Waals surface area contributed by atoms with Crippen LogP contribution in [0.1, 0.15) is 18.4 Å². The van der Waals surface area contributed by atoms with E-state index in [9.17, 15) is 30.0 Å². The Morgan fingerprint density at radius 1 is 1.17 bits per heavy atom. The number of aliphatic carboxylic acids is 1. The molecule has 1 aliphatic rings. The third-order valence-corrected chi connectivity index (χ3v) is 3.96. The van der Waals surface area contributed by atoms with E-state index in [-0.39, 0.29) is 5.75 Å². The van der Waals surface area contributed by atoms with Crippen LogP contribution in [-0.4, -0.2) is 61.3 Å². The van der Waals surface area contributed by atoms with Crippen LogP contribution in [0.5, 0.6) is 5.75 Å². The lowest BCUT2D eigenvalue weighted by Crippen LogP contribution is -2.60. The second-order valence-electron chi connectivity index (χ2n) is 5.84. The van der Waals surface area contributed by atoms with Gasteiger partial charge in [-0.25, -0.2) is 4.79 Å². The van der Waals surface area contributed by atoms with Crippen molar-refractivity contribution in [2.24, 2.45) is 0 Å². The fourth-order valence-electron chi connectivity index (χ4n) is 2.60. The molecule has 0 spiro atoms. The van der Waals surface area contributed by atoms with Gasteiger partial charge in [0.2, 0.25) is 5.91 Å². The van der Waals surface area contributed by atoms with Gasteiger partial charge in [0.25, 0.3) is 0 Å². The molecule has 130 valence electrons. The summed E-state index contributed by atoms with van der Waals surface area (Å²) in [5.74, 6) is -2.05. The first-order valence-corrected chi connectivity index (χ1v) is 7.31. The molecular formula is C16H19NO7. The highest BCUT2D eigenvalue weighted by atomic mass is 16.4. The van der Waals surface area contributed by atoms with E-state index >= 15 is 0 Å². The van der Waals surface area contributed by atoms with Gasteiger partial charge in [0.05, 0.1) is 12.1 Å². The predicted octanol–water partition coefficient (Wildman–Crippen LogP) is -0.779. The molecule has 1 aromatic carbocycles. The van der Waals surface area contributed by atoms with E-state index in [1.54, 1.807) is 12.1 Å². The summed E-state index contributed by atoms with van der Waals surface area (Å²) in [4.78, 5) is 23.0. The number of aliphatic hydroxyl groups is 3. The Morgan fingerprint density at radius 2 is 1.79 bits per heavy atom. The second-order valence-corrected chi connectivity index (χ2v) is 5.84. The van der Waals surface area contributed by atoms with Gasteiger partial charge in [0.1, 0.15) is 11.9 Å². The maximum Gasteiger partial charge on any atom is 0.335 e. The molecule has 0 aromatic heterocycles. The van der Waals surface area contributed by atoms with Gasteiger partial charge in [0.15, 0.2) is 5.60 Å². The van der Waals surface area contributed by atoms with Crippen LogP contribution >= 0.6 is 0 Å². The van der Waals surface area contributed by atoms with Crippen LogP contribution in [0.2, 0.25) is 0 Å². The number of amides is 1. The number of hydrogen-bond donors (Lipinski definition) is 6. The molecule has 8 nitrogen and oxygen atoms in total. The van der Waals surface area contributed by atoms with E-state index in [2.05, 4.69) is 5.32 Å². The van der Waals surface area contributed by atoms with Crippen molar-refractivity contribution in [3.8, 4) is 5.75 Å². The number of carbonyl (C=O) groups excluding carboxylic acids is 1. The Bertz CT molecular complexity index is 642. The van der Waals surface area contributed by atoms with E-state index in [1.807, 2.05) is 0 Å². The molecule has 1 amide bonds. The Morgan fingerprint density at radius 3 is 2.38 bits per heavy atom. The number of aliphatic hydroxyl groups excluding tert-OH is 2. The zero-order valence-electron chi connectivity index (χ0n) is 12.7. The molecule has 4 atom stereocenters. The maximum absolute atomic E-state index is 11.9. The molecule has 1 aromatic rings.